The zero-order valence-electron chi connectivity index (χ0n) is 9.56. The molecule has 88 valence electrons. The van der Waals surface area contributed by atoms with E-state index in [1.165, 1.54) is 0 Å². The number of hydrogen-bond acceptors (Lipinski definition) is 3. The molecule has 1 aromatic heterocycles. The average molecular weight is 222 g/mol. The molecular formula is C11H18N4O. The predicted octanol–water partition coefficient (Wildman–Crippen LogP) is 1.36. The van der Waals surface area contributed by atoms with E-state index in [-0.39, 0.29) is 5.41 Å². The van der Waals surface area contributed by atoms with Gasteiger partial charge in [0.05, 0.1) is 0 Å². The summed E-state index contributed by atoms with van der Waals surface area (Å²) in [4.78, 5) is 4.30. The van der Waals surface area contributed by atoms with E-state index in [4.69, 9.17) is 10.9 Å². The molecule has 1 aromatic rings. The molecule has 1 aliphatic rings. The van der Waals surface area contributed by atoms with Crippen LogP contribution in [0.4, 0.5) is 0 Å². The Bertz CT molecular complexity index is 392. The Balaban J connectivity index is 2.04. The summed E-state index contributed by atoms with van der Waals surface area (Å²) in [6, 6.07) is 0. The highest BCUT2D eigenvalue weighted by Crippen LogP contribution is 2.50. The summed E-state index contributed by atoms with van der Waals surface area (Å²) >= 11 is 0. The minimum absolute atomic E-state index is 0.195. The minimum atomic E-state index is 0.195. The van der Waals surface area contributed by atoms with Gasteiger partial charge in [-0.1, -0.05) is 12.1 Å². The summed E-state index contributed by atoms with van der Waals surface area (Å²) in [6.45, 7) is 3.02. The van der Waals surface area contributed by atoms with E-state index in [9.17, 15) is 0 Å². The Morgan fingerprint density at radius 1 is 1.69 bits per heavy atom. The van der Waals surface area contributed by atoms with Gasteiger partial charge in [-0.15, -0.1) is 0 Å². The lowest BCUT2D eigenvalue weighted by Crippen LogP contribution is -2.22. The van der Waals surface area contributed by atoms with E-state index < -0.39 is 0 Å². The lowest BCUT2D eigenvalue weighted by Gasteiger charge is -2.16. The van der Waals surface area contributed by atoms with Crippen molar-refractivity contribution in [3.05, 3.63) is 18.2 Å². The molecule has 0 bridgehead atoms. The Labute approximate surface area is 95.0 Å². The molecule has 1 saturated carbocycles. The largest absolute Gasteiger partial charge is 0.409 e. The molecule has 3 N–H and O–H groups in total. The molecule has 1 heterocycles. The number of hydrogen-bond donors (Lipinski definition) is 2. The Hall–Kier alpha value is -1.52. The second-order valence-corrected chi connectivity index (χ2v) is 4.59. The quantitative estimate of drug-likeness (QED) is 0.342. The summed E-state index contributed by atoms with van der Waals surface area (Å²) in [6.07, 6.45) is 7.73. The lowest BCUT2D eigenvalue weighted by molar-refractivity contribution is 0.313. The maximum absolute atomic E-state index is 8.60. The number of rotatable bonds is 5. The number of amidine groups is 1. The highest BCUT2D eigenvalue weighted by Gasteiger charge is 2.43. The van der Waals surface area contributed by atoms with Gasteiger partial charge in [-0.05, 0) is 18.3 Å². The molecule has 0 aromatic carbocycles. The van der Waals surface area contributed by atoms with Crippen LogP contribution in [-0.2, 0) is 13.0 Å². The fraction of sp³-hybridized carbons (Fsp3) is 0.636. The molecular weight excluding hydrogens is 204 g/mol. The fourth-order valence-electron chi connectivity index (χ4n) is 2.15. The smallest absolute Gasteiger partial charge is 0.139 e. The lowest BCUT2D eigenvalue weighted by atomic mass is 10.0. The molecule has 0 unspecified atom stereocenters. The zero-order chi connectivity index (χ0) is 11.6. The Kier molecular flexibility index (Phi) is 2.85. The van der Waals surface area contributed by atoms with Gasteiger partial charge < -0.3 is 15.5 Å². The second kappa shape index (κ2) is 4.15. The molecule has 16 heavy (non-hydrogen) atoms. The van der Waals surface area contributed by atoms with Gasteiger partial charge >= 0.3 is 0 Å². The SMILES string of the molecule is CCc1nccn1CC1(CC(N)=NO)CC1. The van der Waals surface area contributed by atoms with Gasteiger partial charge in [0.25, 0.3) is 0 Å². The summed E-state index contributed by atoms with van der Waals surface area (Å²) in [5, 5.41) is 11.7. The van der Waals surface area contributed by atoms with Crippen molar-refractivity contribution in [3.8, 4) is 0 Å². The molecule has 2 rings (SSSR count). The van der Waals surface area contributed by atoms with Gasteiger partial charge in [-0.25, -0.2) is 4.98 Å². The number of oxime groups is 1. The van der Waals surface area contributed by atoms with Gasteiger partial charge in [0.15, 0.2) is 0 Å². The van der Waals surface area contributed by atoms with Crippen LogP contribution in [0.15, 0.2) is 17.5 Å². The molecule has 0 atom stereocenters. The fourth-order valence-corrected chi connectivity index (χ4v) is 2.15. The van der Waals surface area contributed by atoms with Crippen LogP contribution in [0.3, 0.4) is 0 Å². The Morgan fingerprint density at radius 2 is 2.44 bits per heavy atom. The molecule has 0 amide bonds. The number of aromatic nitrogens is 2. The number of nitrogens with two attached hydrogens (primary N) is 1. The van der Waals surface area contributed by atoms with Crippen LogP contribution in [0.1, 0.15) is 32.0 Å². The third kappa shape index (κ3) is 2.18. The van der Waals surface area contributed by atoms with E-state index in [2.05, 4.69) is 21.6 Å². The van der Waals surface area contributed by atoms with Gasteiger partial charge in [0, 0.05) is 31.8 Å². The van der Waals surface area contributed by atoms with Crippen molar-refractivity contribution in [2.24, 2.45) is 16.3 Å². The number of imidazole rings is 1. The molecule has 5 nitrogen and oxygen atoms in total. The summed E-state index contributed by atoms with van der Waals surface area (Å²) in [5.74, 6) is 1.43. The molecule has 1 aliphatic carbocycles. The van der Waals surface area contributed by atoms with Crippen LogP contribution in [0, 0.1) is 5.41 Å². The normalized spacial score (nSPS) is 18.7. The second-order valence-electron chi connectivity index (χ2n) is 4.59. The van der Waals surface area contributed by atoms with Crippen LogP contribution < -0.4 is 5.73 Å². The third-order valence-electron chi connectivity index (χ3n) is 3.27. The van der Waals surface area contributed by atoms with Crippen molar-refractivity contribution < 1.29 is 5.21 Å². The Morgan fingerprint density at radius 3 is 3.00 bits per heavy atom. The molecule has 0 saturated heterocycles. The van der Waals surface area contributed by atoms with Crippen molar-refractivity contribution in [1.29, 1.82) is 0 Å². The molecule has 5 heteroatoms. The van der Waals surface area contributed by atoms with E-state index in [1.54, 1.807) is 0 Å². The average Bonchev–Trinajstić information content (AvgIpc) is 2.88. The van der Waals surface area contributed by atoms with E-state index in [0.29, 0.717) is 12.3 Å². The van der Waals surface area contributed by atoms with Crippen molar-refractivity contribution in [3.63, 3.8) is 0 Å². The minimum Gasteiger partial charge on any atom is -0.409 e. The van der Waals surface area contributed by atoms with Crippen LogP contribution in [0.5, 0.6) is 0 Å². The highest BCUT2D eigenvalue weighted by molar-refractivity contribution is 5.80. The summed E-state index contributed by atoms with van der Waals surface area (Å²) < 4.78 is 2.18. The standard InChI is InChI=1S/C11H18N4O/c1-2-10-13-5-6-15(10)8-11(3-4-11)7-9(12)14-16/h5-6,16H,2-4,7-8H2,1H3,(H2,12,14). The van der Waals surface area contributed by atoms with Crippen molar-refractivity contribution >= 4 is 5.84 Å². The van der Waals surface area contributed by atoms with Gasteiger partial charge in [-0.2, -0.15) is 0 Å². The van der Waals surface area contributed by atoms with Crippen LogP contribution in [0.25, 0.3) is 0 Å². The maximum Gasteiger partial charge on any atom is 0.139 e. The monoisotopic (exact) mass is 222 g/mol. The molecule has 0 radical (unpaired) electrons. The summed E-state index contributed by atoms with van der Waals surface area (Å²) in [7, 11) is 0. The molecule has 1 fully saturated rings. The topological polar surface area (TPSA) is 76.4 Å². The first-order chi connectivity index (χ1) is 7.69. The third-order valence-corrected chi connectivity index (χ3v) is 3.27. The van der Waals surface area contributed by atoms with Gasteiger partial charge in [-0.3, -0.25) is 0 Å². The first-order valence-corrected chi connectivity index (χ1v) is 5.65. The van der Waals surface area contributed by atoms with Gasteiger partial charge in [0.2, 0.25) is 0 Å². The predicted molar refractivity (Wildman–Crippen MR) is 61.3 cm³/mol. The van der Waals surface area contributed by atoms with E-state index >= 15 is 0 Å². The van der Waals surface area contributed by atoms with Crippen LogP contribution >= 0.6 is 0 Å². The van der Waals surface area contributed by atoms with Crippen molar-refractivity contribution in [1.82, 2.24) is 9.55 Å². The van der Waals surface area contributed by atoms with Gasteiger partial charge in [0.1, 0.15) is 11.7 Å². The zero-order valence-corrected chi connectivity index (χ0v) is 9.56. The van der Waals surface area contributed by atoms with E-state index in [1.807, 2.05) is 12.4 Å². The molecule has 0 spiro atoms. The first-order valence-electron chi connectivity index (χ1n) is 5.65. The van der Waals surface area contributed by atoms with E-state index in [0.717, 1.165) is 31.6 Å². The maximum atomic E-state index is 8.60. The highest BCUT2D eigenvalue weighted by atomic mass is 16.4. The van der Waals surface area contributed by atoms with Crippen molar-refractivity contribution in [2.75, 3.05) is 0 Å². The van der Waals surface area contributed by atoms with Crippen LogP contribution in [-0.4, -0.2) is 20.6 Å². The van der Waals surface area contributed by atoms with Crippen molar-refractivity contribution in [2.45, 2.75) is 39.2 Å². The molecule has 0 aliphatic heterocycles. The number of nitrogens with zero attached hydrogens (tertiary/aromatic N) is 3. The number of aryl methyl sites for hydroxylation is 1. The van der Waals surface area contributed by atoms with Crippen LogP contribution in [0.2, 0.25) is 0 Å². The summed E-state index contributed by atoms with van der Waals surface area (Å²) in [5.41, 5.74) is 5.77. The first kappa shape index (κ1) is 11.0.